The van der Waals surface area contributed by atoms with E-state index in [1.54, 1.807) is 6.92 Å². The lowest BCUT2D eigenvalue weighted by molar-refractivity contribution is 0.867. The Labute approximate surface area is 164 Å². The van der Waals surface area contributed by atoms with Crippen molar-refractivity contribution in [1.82, 2.24) is 9.97 Å². The van der Waals surface area contributed by atoms with Gasteiger partial charge in [-0.15, -0.1) is 0 Å². The molecule has 0 bridgehead atoms. The number of guanidine groups is 1. The summed E-state index contributed by atoms with van der Waals surface area (Å²) in [6.07, 6.45) is 0.523. The number of benzene rings is 2. The first-order valence-electron chi connectivity index (χ1n) is 9.27. The van der Waals surface area contributed by atoms with Crippen LogP contribution in [0, 0.1) is 6.92 Å². The molecule has 0 aliphatic rings. The van der Waals surface area contributed by atoms with Gasteiger partial charge in [0.2, 0.25) is 11.9 Å². The van der Waals surface area contributed by atoms with E-state index in [0.717, 1.165) is 11.3 Å². The molecule has 0 fully saturated rings. The molecule has 28 heavy (non-hydrogen) atoms. The second-order valence-corrected chi connectivity index (χ2v) is 7.01. The van der Waals surface area contributed by atoms with Crippen molar-refractivity contribution in [2.75, 3.05) is 5.32 Å². The van der Waals surface area contributed by atoms with Crippen molar-refractivity contribution >= 4 is 17.6 Å². The van der Waals surface area contributed by atoms with Gasteiger partial charge in [0, 0.05) is 17.7 Å². The van der Waals surface area contributed by atoms with Gasteiger partial charge in [-0.3, -0.25) is 9.78 Å². The maximum atomic E-state index is 12.5. The van der Waals surface area contributed by atoms with Crippen LogP contribution in [0.5, 0.6) is 0 Å². The van der Waals surface area contributed by atoms with Crippen LogP contribution in [0.1, 0.15) is 42.1 Å². The minimum Gasteiger partial charge on any atom is -0.369 e. The fourth-order valence-electron chi connectivity index (χ4n) is 2.90. The van der Waals surface area contributed by atoms with E-state index in [0.29, 0.717) is 23.6 Å². The number of H-pyrrole nitrogens is 1. The highest BCUT2D eigenvalue weighted by atomic mass is 16.1. The Kier molecular flexibility index (Phi) is 5.89. The number of nitrogens with two attached hydrogens (primary N) is 1. The number of hydrogen-bond acceptors (Lipinski definition) is 3. The van der Waals surface area contributed by atoms with E-state index in [9.17, 15) is 4.79 Å². The van der Waals surface area contributed by atoms with Gasteiger partial charge in [0.05, 0.1) is 5.69 Å². The van der Waals surface area contributed by atoms with Crippen molar-refractivity contribution in [1.29, 1.82) is 0 Å². The number of aromatic nitrogens is 2. The van der Waals surface area contributed by atoms with Crippen LogP contribution in [-0.2, 0) is 6.42 Å². The molecular weight excluding hydrogens is 350 g/mol. The van der Waals surface area contributed by atoms with Crippen LogP contribution in [0.25, 0.3) is 0 Å². The molecule has 0 atom stereocenters. The first-order chi connectivity index (χ1) is 13.4. The predicted octanol–water partition coefficient (Wildman–Crippen LogP) is 3.85. The smallest absolute Gasteiger partial charge is 0.256 e. The zero-order chi connectivity index (χ0) is 20.1. The van der Waals surface area contributed by atoms with Gasteiger partial charge in [0.15, 0.2) is 0 Å². The normalized spacial score (nSPS) is 11.6. The van der Waals surface area contributed by atoms with Crippen LogP contribution >= 0.6 is 0 Å². The number of nitrogens with zero attached hydrogens (tertiary/aromatic N) is 2. The highest BCUT2D eigenvalue weighted by Crippen LogP contribution is 2.17. The predicted molar refractivity (Wildman–Crippen MR) is 114 cm³/mol. The van der Waals surface area contributed by atoms with E-state index in [1.165, 1.54) is 5.56 Å². The molecule has 0 saturated carbocycles. The summed E-state index contributed by atoms with van der Waals surface area (Å²) >= 11 is 0. The fraction of sp³-hybridized carbons (Fsp3) is 0.227. The van der Waals surface area contributed by atoms with Gasteiger partial charge < -0.3 is 11.1 Å². The van der Waals surface area contributed by atoms with E-state index in [1.807, 2.05) is 54.6 Å². The highest BCUT2D eigenvalue weighted by Gasteiger charge is 2.09. The molecule has 3 aromatic rings. The summed E-state index contributed by atoms with van der Waals surface area (Å²) in [5, 5.41) is 3.02. The van der Waals surface area contributed by atoms with Crippen molar-refractivity contribution in [3.05, 3.63) is 87.3 Å². The van der Waals surface area contributed by atoms with Gasteiger partial charge >= 0.3 is 0 Å². The molecule has 0 amide bonds. The van der Waals surface area contributed by atoms with E-state index >= 15 is 0 Å². The summed E-state index contributed by atoms with van der Waals surface area (Å²) in [5.74, 6) is 0.811. The van der Waals surface area contributed by atoms with Crippen LogP contribution in [0.2, 0.25) is 0 Å². The second-order valence-electron chi connectivity index (χ2n) is 7.01. The van der Waals surface area contributed by atoms with Crippen molar-refractivity contribution in [2.24, 2.45) is 10.7 Å². The van der Waals surface area contributed by atoms with E-state index in [4.69, 9.17) is 5.73 Å². The summed E-state index contributed by atoms with van der Waals surface area (Å²) < 4.78 is 0. The van der Waals surface area contributed by atoms with Crippen LogP contribution < -0.4 is 16.6 Å². The van der Waals surface area contributed by atoms with Gasteiger partial charge in [-0.05, 0) is 36.1 Å². The minimum absolute atomic E-state index is 0.163. The molecule has 0 saturated heterocycles. The molecule has 3 rings (SSSR count). The average molecular weight is 375 g/mol. The molecule has 0 radical (unpaired) electrons. The van der Waals surface area contributed by atoms with Crippen molar-refractivity contribution in [3.63, 3.8) is 0 Å². The number of aromatic amines is 1. The van der Waals surface area contributed by atoms with E-state index in [-0.39, 0.29) is 17.5 Å². The zero-order valence-electron chi connectivity index (χ0n) is 16.4. The average Bonchev–Trinajstić information content (AvgIpc) is 2.66. The fourth-order valence-corrected chi connectivity index (χ4v) is 2.90. The minimum atomic E-state index is -0.204. The molecule has 0 aliphatic heterocycles. The molecule has 6 heteroatoms. The molecule has 144 valence electrons. The number of aliphatic imine (C=N–C) groups is 1. The van der Waals surface area contributed by atoms with Crippen molar-refractivity contribution in [2.45, 2.75) is 33.1 Å². The van der Waals surface area contributed by atoms with Gasteiger partial charge in [0.1, 0.15) is 0 Å². The molecule has 2 aromatic carbocycles. The summed E-state index contributed by atoms with van der Waals surface area (Å²) in [4.78, 5) is 23.8. The third-order valence-electron chi connectivity index (χ3n) is 4.51. The maximum absolute atomic E-state index is 12.5. The third kappa shape index (κ3) is 4.85. The van der Waals surface area contributed by atoms with Crippen LogP contribution in [0.15, 0.2) is 64.4 Å². The molecular formula is C22H25N5O. The first kappa shape index (κ1) is 19.4. The Hall–Kier alpha value is -3.41. The summed E-state index contributed by atoms with van der Waals surface area (Å²) in [7, 11) is 0. The number of anilines is 1. The van der Waals surface area contributed by atoms with Crippen LogP contribution in [0.4, 0.5) is 11.6 Å². The molecule has 4 N–H and O–H groups in total. The number of rotatable bonds is 5. The Morgan fingerprint density at radius 1 is 1.14 bits per heavy atom. The summed E-state index contributed by atoms with van der Waals surface area (Å²) in [6.45, 7) is 6.09. The van der Waals surface area contributed by atoms with Crippen LogP contribution in [0.3, 0.4) is 0 Å². The zero-order valence-corrected chi connectivity index (χ0v) is 16.4. The summed E-state index contributed by atoms with van der Waals surface area (Å²) in [5.41, 5.74) is 10.2. The Bertz CT molecular complexity index is 1020. The highest BCUT2D eigenvalue weighted by molar-refractivity contribution is 5.93. The maximum Gasteiger partial charge on any atom is 0.256 e. The topological polar surface area (TPSA) is 96.2 Å². The molecule has 0 unspecified atom stereocenters. The number of aryl methyl sites for hydroxylation is 1. The quantitative estimate of drug-likeness (QED) is 0.466. The molecule has 0 spiro atoms. The standard InChI is InChI=1S/C22H25N5O/c1-14(2)17-9-11-18(12-10-17)25-21(23)27-22-24-15(3)19(20(28)26-22)13-16-7-5-4-6-8-16/h4-12,14H,13H2,1-3H3,(H4,23,24,25,26,27,28). The second kappa shape index (κ2) is 8.52. The lowest BCUT2D eigenvalue weighted by atomic mass is 10.0. The van der Waals surface area contributed by atoms with E-state index in [2.05, 4.69) is 34.1 Å². The molecule has 6 nitrogen and oxygen atoms in total. The van der Waals surface area contributed by atoms with Crippen molar-refractivity contribution in [3.8, 4) is 0 Å². The third-order valence-corrected chi connectivity index (χ3v) is 4.51. The SMILES string of the molecule is Cc1nc(N=C(N)Nc2ccc(C(C)C)cc2)[nH]c(=O)c1Cc1ccccc1. The van der Waals surface area contributed by atoms with Gasteiger partial charge in [-0.1, -0.05) is 56.3 Å². The summed E-state index contributed by atoms with van der Waals surface area (Å²) in [6, 6.07) is 17.8. The van der Waals surface area contributed by atoms with E-state index < -0.39 is 0 Å². The monoisotopic (exact) mass is 375 g/mol. The molecule has 1 heterocycles. The van der Waals surface area contributed by atoms with Gasteiger partial charge in [-0.2, -0.15) is 4.99 Å². The Balaban J connectivity index is 1.77. The Morgan fingerprint density at radius 3 is 2.43 bits per heavy atom. The van der Waals surface area contributed by atoms with Crippen LogP contribution in [-0.4, -0.2) is 15.9 Å². The largest absolute Gasteiger partial charge is 0.369 e. The molecule has 0 aliphatic carbocycles. The lowest BCUT2D eigenvalue weighted by Gasteiger charge is -2.09. The molecule has 1 aromatic heterocycles. The first-order valence-corrected chi connectivity index (χ1v) is 9.27. The number of nitrogens with one attached hydrogen (secondary N) is 2. The lowest BCUT2D eigenvalue weighted by Crippen LogP contribution is -2.23. The van der Waals surface area contributed by atoms with Crippen molar-refractivity contribution < 1.29 is 0 Å². The Morgan fingerprint density at radius 2 is 1.82 bits per heavy atom. The number of hydrogen-bond donors (Lipinski definition) is 3. The van der Waals surface area contributed by atoms with Gasteiger partial charge in [-0.25, -0.2) is 4.98 Å². The van der Waals surface area contributed by atoms with Gasteiger partial charge in [0.25, 0.3) is 5.56 Å².